The number of nitrogens with two attached hydrogens (primary N) is 1. The van der Waals surface area contributed by atoms with Gasteiger partial charge in [-0.3, -0.25) is 9.48 Å². The first-order chi connectivity index (χ1) is 14.6. The molecule has 0 radical (unpaired) electrons. The summed E-state index contributed by atoms with van der Waals surface area (Å²) < 4.78 is 12.5. The zero-order chi connectivity index (χ0) is 21.1. The second kappa shape index (κ2) is 8.40. The Balaban J connectivity index is 1.68. The normalized spacial score (nSPS) is 12.2. The van der Waals surface area contributed by atoms with Crippen LogP contribution in [0.1, 0.15) is 16.2 Å². The molecule has 3 aromatic rings. The molecule has 4 N–H and O–H groups in total. The van der Waals surface area contributed by atoms with Gasteiger partial charge in [0, 0.05) is 25.7 Å². The number of amides is 1. The molecule has 0 spiro atoms. The summed E-state index contributed by atoms with van der Waals surface area (Å²) in [6.45, 7) is 0.911. The number of aromatic nitrogens is 2. The fourth-order valence-electron chi connectivity index (χ4n) is 3.43. The standard InChI is InChI=1S/C22H22N4O4/c1-26-17(13-24-8-9-27)20(21(25-26)22(23)28)15-4-2-14(3-5-15)16-6-7-18-19(12-16)30-11-10-29-18/h2-7,10-12,24,27H,8-9,13H2,1H3,(H2,23,28). The maximum Gasteiger partial charge on any atom is 0.269 e. The number of carbonyl (C=O) groups is 1. The van der Waals surface area contributed by atoms with Gasteiger partial charge in [0.15, 0.2) is 17.2 Å². The van der Waals surface area contributed by atoms with Crippen molar-refractivity contribution in [3.05, 3.63) is 66.4 Å². The van der Waals surface area contributed by atoms with Crippen LogP contribution >= 0.6 is 0 Å². The first kappa shape index (κ1) is 19.7. The van der Waals surface area contributed by atoms with E-state index < -0.39 is 5.91 Å². The van der Waals surface area contributed by atoms with Crippen LogP contribution in [0, 0.1) is 0 Å². The Morgan fingerprint density at radius 2 is 1.73 bits per heavy atom. The lowest BCUT2D eigenvalue weighted by Crippen LogP contribution is -2.19. The summed E-state index contributed by atoms with van der Waals surface area (Å²) in [4.78, 5) is 12.0. The van der Waals surface area contributed by atoms with Crippen molar-refractivity contribution in [3.63, 3.8) is 0 Å². The number of carbonyl (C=O) groups excluding carboxylic acids is 1. The molecule has 0 fully saturated rings. The van der Waals surface area contributed by atoms with Crippen molar-refractivity contribution in [1.29, 1.82) is 0 Å². The van der Waals surface area contributed by atoms with Gasteiger partial charge in [-0.1, -0.05) is 30.3 Å². The van der Waals surface area contributed by atoms with E-state index in [0.29, 0.717) is 30.2 Å². The quantitative estimate of drug-likeness (QED) is 0.519. The largest absolute Gasteiger partial charge is 0.458 e. The number of benzene rings is 2. The third kappa shape index (κ3) is 3.78. The van der Waals surface area contributed by atoms with Crippen molar-refractivity contribution in [3.8, 4) is 33.8 Å². The van der Waals surface area contributed by atoms with Crippen LogP contribution in [-0.2, 0) is 13.6 Å². The number of aliphatic hydroxyl groups is 1. The van der Waals surface area contributed by atoms with Gasteiger partial charge in [0.05, 0.1) is 12.3 Å². The Kier molecular flexibility index (Phi) is 5.51. The van der Waals surface area contributed by atoms with Gasteiger partial charge in [-0.2, -0.15) is 5.10 Å². The molecule has 8 nitrogen and oxygen atoms in total. The minimum absolute atomic E-state index is 0.0237. The first-order valence-corrected chi connectivity index (χ1v) is 9.49. The molecule has 2 aromatic carbocycles. The van der Waals surface area contributed by atoms with Crippen molar-refractivity contribution < 1.29 is 19.4 Å². The third-order valence-corrected chi connectivity index (χ3v) is 4.88. The predicted molar refractivity (Wildman–Crippen MR) is 112 cm³/mol. The maximum absolute atomic E-state index is 12.0. The van der Waals surface area contributed by atoms with E-state index in [1.165, 1.54) is 12.5 Å². The van der Waals surface area contributed by atoms with Gasteiger partial charge >= 0.3 is 0 Å². The topological polar surface area (TPSA) is 112 Å². The van der Waals surface area contributed by atoms with Crippen LogP contribution in [0.15, 0.2) is 55.0 Å². The average molecular weight is 406 g/mol. The molecule has 154 valence electrons. The van der Waals surface area contributed by atoms with E-state index in [-0.39, 0.29) is 12.3 Å². The molecule has 0 aliphatic carbocycles. The summed E-state index contributed by atoms with van der Waals surface area (Å²) >= 11 is 0. The molecule has 1 amide bonds. The number of nitrogens with one attached hydrogen (secondary N) is 1. The zero-order valence-corrected chi connectivity index (χ0v) is 16.5. The number of ether oxygens (including phenoxy) is 2. The van der Waals surface area contributed by atoms with E-state index in [4.69, 9.17) is 20.3 Å². The lowest BCUT2D eigenvalue weighted by atomic mass is 9.98. The average Bonchev–Trinajstić information content (AvgIpc) is 3.10. The van der Waals surface area contributed by atoms with E-state index in [1.807, 2.05) is 42.5 Å². The van der Waals surface area contributed by atoms with Gasteiger partial charge in [-0.15, -0.1) is 0 Å². The molecule has 0 saturated carbocycles. The van der Waals surface area contributed by atoms with Crippen molar-refractivity contribution in [2.75, 3.05) is 13.2 Å². The van der Waals surface area contributed by atoms with Crippen LogP contribution < -0.4 is 20.5 Å². The Morgan fingerprint density at radius 1 is 1.07 bits per heavy atom. The molecule has 0 unspecified atom stereocenters. The van der Waals surface area contributed by atoms with Crippen molar-refractivity contribution in [2.24, 2.45) is 12.8 Å². The van der Waals surface area contributed by atoms with Crippen molar-refractivity contribution in [2.45, 2.75) is 6.54 Å². The minimum atomic E-state index is -0.585. The fraction of sp³-hybridized carbons (Fsp3) is 0.182. The highest BCUT2D eigenvalue weighted by Gasteiger charge is 2.21. The molecule has 4 rings (SSSR count). The Bertz CT molecular complexity index is 1100. The third-order valence-electron chi connectivity index (χ3n) is 4.88. The van der Waals surface area contributed by atoms with Crippen LogP contribution in [0.25, 0.3) is 22.3 Å². The summed E-state index contributed by atoms with van der Waals surface area (Å²) in [5.41, 5.74) is 10.1. The lowest BCUT2D eigenvalue weighted by Gasteiger charge is -2.14. The highest BCUT2D eigenvalue weighted by atomic mass is 16.5. The molecule has 30 heavy (non-hydrogen) atoms. The highest BCUT2D eigenvalue weighted by molar-refractivity contribution is 5.98. The van der Waals surface area contributed by atoms with Crippen LogP contribution in [0.4, 0.5) is 0 Å². The Hall–Kier alpha value is -3.62. The van der Waals surface area contributed by atoms with Gasteiger partial charge in [-0.25, -0.2) is 0 Å². The Morgan fingerprint density at radius 3 is 2.43 bits per heavy atom. The number of nitrogens with zero attached hydrogens (tertiary/aromatic N) is 2. The zero-order valence-electron chi connectivity index (χ0n) is 16.5. The Labute approximate surface area is 173 Å². The maximum atomic E-state index is 12.0. The van der Waals surface area contributed by atoms with Crippen molar-refractivity contribution >= 4 is 5.91 Å². The van der Waals surface area contributed by atoms with E-state index >= 15 is 0 Å². The van der Waals surface area contributed by atoms with Gasteiger partial charge < -0.3 is 25.6 Å². The van der Waals surface area contributed by atoms with Crippen molar-refractivity contribution in [1.82, 2.24) is 15.1 Å². The van der Waals surface area contributed by atoms with Gasteiger partial charge in [0.25, 0.3) is 5.91 Å². The molecule has 8 heteroatoms. The number of aliphatic hydroxyl groups excluding tert-OH is 1. The van der Waals surface area contributed by atoms with Crippen LogP contribution in [-0.4, -0.2) is 33.9 Å². The van der Waals surface area contributed by atoms with E-state index in [1.54, 1.807) is 11.7 Å². The number of fused-ring (bicyclic) bond motifs is 1. The molecule has 1 aliphatic rings. The van der Waals surface area contributed by atoms with E-state index in [2.05, 4.69) is 10.4 Å². The number of hydrogen-bond donors (Lipinski definition) is 3. The van der Waals surface area contributed by atoms with Crippen LogP contribution in [0.5, 0.6) is 11.5 Å². The molecular formula is C22H22N4O4. The molecule has 0 bridgehead atoms. The minimum Gasteiger partial charge on any atom is -0.458 e. The smallest absolute Gasteiger partial charge is 0.269 e. The number of rotatable bonds is 7. The van der Waals surface area contributed by atoms with Gasteiger partial charge in [-0.05, 0) is 28.8 Å². The van der Waals surface area contributed by atoms with E-state index in [9.17, 15) is 4.79 Å². The SMILES string of the molecule is Cn1nc(C(N)=O)c(-c2ccc(-c3ccc4c(c3)OC=CO4)cc2)c1CNCCO. The first-order valence-electron chi connectivity index (χ1n) is 9.49. The van der Waals surface area contributed by atoms with Crippen LogP contribution in [0.2, 0.25) is 0 Å². The molecule has 1 aromatic heterocycles. The molecular weight excluding hydrogens is 384 g/mol. The predicted octanol–water partition coefficient (Wildman–Crippen LogP) is 2.18. The molecule has 0 saturated heterocycles. The summed E-state index contributed by atoms with van der Waals surface area (Å²) in [6, 6.07) is 13.5. The number of hydrogen-bond acceptors (Lipinski definition) is 6. The molecule has 2 heterocycles. The summed E-state index contributed by atoms with van der Waals surface area (Å²) in [7, 11) is 1.77. The summed E-state index contributed by atoms with van der Waals surface area (Å²) in [6.07, 6.45) is 2.99. The lowest BCUT2D eigenvalue weighted by molar-refractivity contribution is 0.0995. The molecule has 0 atom stereocenters. The fourth-order valence-corrected chi connectivity index (χ4v) is 3.43. The highest BCUT2D eigenvalue weighted by Crippen LogP contribution is 2.36. The monoisotopic (exact) mass is 406 g/mol. The second-order valence-electron chi connectivity index (χ2n) is 6.81. The number of primary amides is 1. The van der Waals surface area contributed by atoms with Gasteiger partial charge in [0.2, 0.25) is 0 Å². The summed E-state index contributed by atoms with van der Waals surface area (Å²) in [5.74, 6) is 0.733. The summed E-state index contributed by atoms with van der Waals surface area (Å²) in [5, 5.41) is 16.4. The molecule has 1 aliphatic heterocycles. The number of aryl methyl sites for hydroxylation is 1. The van der Waals surface area contributed by atoms with Crippen LogP contribution in [0.3, 0.4) is 0 Å². The van der Waals surface area contributed by atoms with E-state index in [0.717, 1.165) is 22.4 Å². The second-order valence-corrected chi connectivity index (χ2v) is 6.81. The van der Waals surface area contributed by atoms with Gasteiger partial charge in [0.1, 0.15) is 12.5 Å².